The van der Waals surface area contributed by atoms with E-state index in [1.54, 1.807) is 18.5 Å². The maximum atomic E-state index is 8.80. The molecule has 0 fully saturated rings. The lowest BCUT2D eigenvalue weighted by Gasteiger charge is -2.07. The predicted octanol–water partition coefficient (Wildman–Crippen LogP) is 2.15. The van der Waals surface area contributed by atoms with Gasteiger partial charge in [0.15, 0.2) is 5.75 Å². The van der Waals surface area contributed by atoms with Gasteiger partial charge in [0.2, 0.25) is 0 Å². The molecule has 86 valence electrons. The Hall–Kier alpha value is -1.60. The third-order valence-electron chi connectivity index (χ3n) is 2.03. The second-order valence-electron chi connectivity index (χ2n) is 3.30. The Bertz CT molecular complexity index is 347. The summed E-state index contributed by atoms with van der Waals surface area (Å²) in [4.78, 5) is 3.90. The van der Waals surface area contributed by atoms with Gasteiger partial charge in [-0.25, -0.2) is 0 Å². The Kier molecular flexibility index (Phi) is 5.97. The van der Waals surface area contributed by atoms with E-state index in [1.807, 2.05) is 0 Å². The quantitative estimate of drug-likeness (QED) is 0.661. The van der Waals surface area contributed by atoms with E-state index < -0.39 is 0 Å². The fraction of sp³-hybridized carbons (Fsp3) is 0.500. The van der Waals surface area contributed by atoms with Gasteiger partial charge in [0, 0.05) is 12.8 Å². The third kappa shape index (κ3) is 4.28. The molecule has 1 rings (SSSR count). The van der Waals surface area contributed by atoms with Crippen LogP contribution in [0.4, 0.5) is 0 Å². The Morgan fingerprint density at radius 3 is 3.00 bits per heavy atom. The fourth-order valence-electron chi connectivity index (χ4n) is 1.15. The second-order valence-corrected chi connectivity index (χ2v) is 3.30. The minimum atomic E-state index is 0.448. The number of pyridine rings is 1. The molecule has 4 nitrogen and oxygen atoms in total. The van der Waals surface area contributed by atoms with Gasteiger partial charge in [0.05, 0.1) is 18.4 Å². The van der Waals surface area contributed by atoms with Crippen LogP contribution in [0.2, 0.25) is 0 Å². The average molecular weight is 220 g/mol. The Balaban J connectivity index is 2.24. The molecule has 0 saturated heterocycles. The van der Waals surface area contributed by atoms with Crippen LogP contribution in [0.25, 0.3) is 0 Å². The predicted molar refractivity (Wildman–Crippen MR) is 60.2 cm³/mol. The first-order valence-corrected chi connectivity index (χ1v) is 5.43. The smallest absolute Gasteiger partial charge is 0.155 e. The molecule has 16 heavy (non-hydrogen) atoms. The number of unbranched alkanes of at least 4 members (excludes halogenated alkanes) is 1. The van der Waals surface area contributed by atoms with Crippen LogP contribution in [0.15, 0.2) is 18.5 Å². The maximum absolute atomic E-state index is 8.80. The van der Waals surface area contributed by atoms with Crippen molar-refractivity contribution in [2.45, 2.75) is 19.8 Å². The van der Waals surface area contributed by atoms with Crippen LogP contribution >= 0.6 is 0 Å². The van der Waals surface area contributed by atoms with Gasteiger partial charge in [-0.15, -0.1) is 0 Å². The summed E-state index contributed by atoms with van der Waals surface area (Å²) in [5, 5.41) is 8.80. The van der Waals surface area contributed by atoms with Crippen molar-refractivity contribution in [2.24, 2.45) is 0 Å². The van der Waals surface area contributed by atoms with Crippen LogP contribution in [0.5, 0.6) is 5.75 Å². The minimum absolute atomic E-state index is 0.448. The number of hydrogen-bond donors (Lipinski definition) is 0. The summed E-state index contributed by atoms with van der Waals surface area (Å²) < 4.78 is 10.7. The molecule has 4 heteroatoms. The van der Waals surface area contributed by atoms with Crippen LogP contribution in [-0.4, -0.2) is 24.8 Å². The van der Waals surface area contributed by atoms with Crippen molar-refractivity contribution >= 4 is 0 Å². The molecule has 0 unspecified atom stereocenters. The zero-order valence-electron chi connectivity index (χ0n) is 9.48. The number of rotatable bonds is 7. The molecule has 0 atom stereocenters. The Labute approximate surface area is 95.8 Å². The molecule has 0 radical (unpaired) electrons. The highest BCUT2D eigenvalue weighted by Gasteiger charge is 2.01. The Morgan fingerprint density at radius 1 is 1.38 bits per heavy atom. The molecule has 0 saturated carbocycles. The zero-order chi connectivity index (χ0) is 11.6. The van der Waals surface area contributed by atoms with E-state index in [4.69, 9.17) is 14.7 Å². The average Bonchev–Trinajstić information content (AvgIpc) is 2.34. The fourth-order valence-corrected chi connectivity index (χ4v) is 1.15. The lowest BCUT2D eigenvalue weighted by molar-refractivity contribution is 0.0978. The van der Waals surface area contributed by atoms with Crippen LogP contribution in [0.1, 0.15) is 25.3 Å². The van der Waals surface area contributed by atoms with Crippen molar-refractivity contribution in [1.29, 1.82) is 5.26 Å². The second kappa shape index (κ2) is 7.66. The third-order valence-corrected chi connectivity index (χ3v) is 2.03. The van der Waals surface area contributed by atoms with Gasteiger partial charge in [0.1, 0.15) is 12.7 Å². The van der Waals surface area contributed by atoms with Crippen molar-refractivity contribution in [2.75, 3.05) is 19.8 Å². The molecule has 0 aliphatic heterocycles. The molecule has 0 aliphatic carbocycles. The molecule has 0 bridgehead atoms. The highest BCUT2D eigenvalue weighted by Crippen LogP contribution is 2.14. The summed E-state index contributed by atoms with van der Waals surface area (Å²) >= 11 is 0. The number of nitriles is 1. The van der Waals surface area contributed by atoms with Crippen LogP contribution in [-0.2, 0) is 4.74 Å². The first kappa shape index (κ1) is 12.5. The SMILES string of the molecule is CCCCOCCOc1cnccc1C#N. The molecule has 0 amide bonds. The monoisotopic (exact) mass is 220 g/mol. The first-order valence-electron chi connectivity index (χ1n) is 5.43. The highest BCUT2D eigenvalue weighted by atomic mass is 16.5. The summed E-state index contributed by atoms with van der Waals surface area (Å²) in [7, 11) is 0. The minimum Gasteiger partial charge on any atom is -0.488 e. The lowest BCUT2D eigenvalue weighted by Crippen LogP contribution is -2.08. The number of nitrogens with zero attached hydrogens (tertiary/aromatic N) is 2. The van der Waals surface area contributed by atoms with E-state index >= 15 is 0 Å². The van der Waals surface area contributed by atoms with Crippen LogP contribution < -0.4 is 4.74 Å². The summed E-state index contributed by atoms with van der Waals surface area (Å²) in [6.07, 6.45) is 5.31. The standard InChI is InChI=1S/C12H16N2O2/c1-2-3-6-15-7-8-16-12-10-14-5-4-11(12)9-13/h4-5,10H,2-3,6-8H2,1H3. The van der Waals surface area contributed by atoms with E-state index in [0.717, 1.165) is 19.4 Å². The summed E-state index contributed by atoms with van der Waals surface area (Å²) in [6.45, 7) is 3.87. The molecule has 0 N–H and O–H groups in total. The van der Waals surface area contributed by atoms with Gasteiger partial charge >= 0.3 is 0 Å². The van der Waals surface area contributed by atoms with Crippen molar-refractivity contribution < 1.29 is 9.47 Å². The lowest BCUT2D eigenvalue weighted by atomic mass is 10.3. The van der Waals surface area contributed by atoms with Crippen molar-refractivity contribution in [1.82, 2.24) is 4.98 Å². The molecule has 1 aromatic heterocycles. The van der Waals surface area contributed by atoms with E-state index in [9.17, 15) is 0 Å². The normalized spacial score (nSPS) is 9.75. The molecule has 0 aromatic carbocycles. The van der Waals surface area contributed by atoms with Gasteiger partial charge in [0.25, 0.3) is 0 Å². The number of ether oxygens (including phenoxy) is 2. The number of aromatic nitrogens is 1. The maximum Gasteiger partial charge on any atom is 0.155 e. The topological polar surface area (TPSA) is 55.1 Å². The van der Waals surface area contributed by atoms with Gasteiger partial charge < -0.3 is 9.47 Å². The summed E-state index contributed by atoms with van der Waals surface area (Å²) in [6, 6.07) is 3.68. The van der Waals surface area contributed by atoms with Crippen molar-refractivity contribution in [3.05, 3.63) is 24.0 Å². The first-order chi connectivity index (χ1) is 7.88. The van der Waals surface area contributed by atoms with Gasteiger partial charge in [-0.3, -0.25) is 4.98 Å². The highest BCUT2D eigenvalue weighted by molar-refractivity contribution is 5.40. The van der Waals surface area contributed by atoms with Gasteiger partial charge in [-0.1, -0.05) is 13.3 Å². The van der Waals surface area contributed by atoms with Gasteiger partial charge in [-0.2, -0.15) is 5.26 Å². The molecule has 0 spiro atoms. The summed E-state index contributed by atoms with van der Waals surface area (Å²) in [5.41, 5.74) is 0.503. The van der Waals surface area contributed by atoms with E-state index in [0.29, 0.717) is 24.5 Å². The number of hydrogen-bond acceptors (Lipinski definition) is 4. The van der Waals surface area contributed by atoms with Crippen LogP contribution in [0.3, 0.4) is 0 Å². The van der Waals surface area contributed by atoms with Crippen molar-refractivity contribution in [3.63, 3.8) is 0 Å². The van der Waals surface area contributed by atoms with Gasteiger partial charge in [-0.05, 0) is 12.5 Å². The van der Waals surface area contributed by atoms with Crippen LogP contribution in [0, 0.1) is 11.3 Å². The zero-order valence-corrected chi connectivity index (χ0v) is 9.48. The summed E-state index contributed by atoms with van der Waals surface area (Å²) in [5.74, 6) is 0.518. The van der Waals surface area contributed by atoms with E-state index in [1.165, 1.54) is 0 Å². The largest absolute Gasteiger partial charge is 0.488 e. The van der Waals surface area contributed by atoms with E-state index in [-0.39, 0.29) is 0 Å². The molecule has 1 aromatic rings. The van der Waals surface area contributed by atoms with Crippen molar-refractivity contribution in [3.8, 4) is 11.8 Å². The molecular formula is C12H16N2O2. The Morgan fingerprint density at radius 2 is 2.25 bits per heavy atom. The molecule has 1 heterocycles. The molecular weight excluding hydrogens is 204 g/mol. The molecule has 0 aliphatic rings. The van der Waals surface area contributed by atoms with E-state index in [2.05, 4.69) is 18.0 Å².